The van der Waals surface area contributed by atoms with Crippen LogP contribution in [0.15, 0.2) is 11.6 Å². The van der Waals surface area contributed by atoms with E-state index in [-0.39, 0.29) is 11.8 Å². The molecule has 4 aliphatic rings. The van der Waals surface area contributed by atoms with Crippen LogP contribution in [-0.4, -0.2) is 27.6 Å². The van der Waals surface area contributed by atoms with Crippen molar-refractivity contribution in [2.24, 2.45) is 29.1 Å². The van der Waals surface area contributed by atoms with Crippen molar-refractivity contribution in [2.75, 3.05) is 0 Å². The molecule has 4 aliphatic carbocycles. The molecule has 2 N–H and O–H groups in total. The molecule has 0 aromatic carbocycles. The Balaban J connectivity index is 1.62. The fourth-order valence-electron chi connectivity index (χ4n) is 7.78. The molecule has 0 bridgehead atoms. The average Bonchev–Trinajstić information content (AvgIpc) is 2.93. The second kappa shape index (κ2) is 7.02. The second-order valence-corrected chi connectivity index (χ2v) is 9.71. The number of carboxylic acid groups (broad SMARTS) is 1. The van der Waals surface area contributed by atoms with Crippen molar-refractivity contribution in [3.05, 3.63) is 11.6 Å². The number of rotatable bonds is 5. The maximum Gasteiger partial charge on any atom is 0.303 e. The van der Waals surface area contributed by atoms with E-state index >= 15 is 0 Å². The summed E-state index contributed by atoms with van der Waals surface area (Å²) in [4.78, 5) is 23.0. The molecule has 0 spiro atoms. The molecule has 0 aromatic rings. The molecular formula is C23H34O4. The van der Waals surface area contributed by atoms with E-state index in [2.05, 4.69) is 6.92 Å². The first kappa shape index (κ1) is 19.2. The molecule has 27 heavy (non-hydrogen) atoms. The Bertz CT molecular complexity index is 653. The molecule has 4 rings (SSSR count). The van der Waals surface area contributed by atoms with E-state index in [4.69, 9.17) is 0 Å². The molecule has 0 amide bonds. The number of hydrogen-bond donors (Lipinski definition) is 2. The predicted molar refractivity (Wildman–Crippen MR) is 103 cm³/mol. The van der Waals surface area contributed by atoms with Gasteiger partial charge in [0.05, 0.1) is 5.60 Å². The Morgan fingerprint density at radius 1 is 1.11 bits per heavy atom. The standard InChI is InChI=1S/C23H34O4/c1-2-10-22-11-7-18-17-6-4-16(24)14-15(17)3-5-19(18)20(22)8-12-23(22,27)13-9-21(25)26/h14,17-20,27H,2-13H2,1H3,(H,25,26)/t17-,18+,19+,20-,22-,23-/m0/s1. The highest BCUT2D eigenvalue weighted by molar-refractivity contribution is 5.91. The van der Waals surface area contributed by atoms with Crippen LogP contribution in [0.25, 0.3) is 0 Å². The van der Waals surface area contributed by atoms with Gasteiger partial charge < -0.3 is 10.2 Å². The van der Waals surface area contributed by atoms with Gasteiger partial charge in [-0.3, -0.25) is 9.59 Å². The molecule has 4 heteroatoms. The Morgan fingerprint density at radius 2 is 1.93 bits per heavy atom. The monoisotopic (exact) mass is 374 g/mol. The van der Waals surface area contributed by atoms with Crippen molar-refractivity contribution < 1.29 is 19.8 Å². The number of fused-ring (bicyclic) bond motifs is 5. The molecule has 0 saturated heterocycles. The summed E-state index contributed by atoms with van der Waals surface area (Å²) in [6.45, 7) is 2.20. The lowest BCUT2D eigenvalue weighted by molar-refractivity contribution is -0.149. The Hall–Kier alpha value is -1.16. The summed E-state index contributed by atoms with van der Waals surface area (Å²) >= 11 is 0. The fraction of sp³-hybridized carbons (Fsp3) is 0.826. The second-order valence-electron chi connectivity index (χ2n) is 9.71. The van der Waals surface area contributed by atoms with Crippen LogP contribution in [0, 0.1) is 29.1 Å². The predicted octanol–water partition coefficient (Wildman–Crippen LogP) is 4.50. The van der Waals surface area contributed by atoms with Gasteiger partial charge in [-0.05, 0) is 87.5 Å². The van der Waals surface area contributed by atoms with Gasteiger partial charge in [0, 0.05) is 18.3 Å². The van der Waals surface area contributed by atoms with E-state index in [1.165, 1.54) is 5.57 Å². The van der Waals surface area contributed by atoms with E-state index in [0.29, 0.717) is 42.3 Å². The van der Waals surface area contributed by atoms with Crippen LogP contribution in [0.5, 0.6) is 0 Å². The first-order valence-corrected chi connectivity index (χ1v) is 11.1. The molecule has 0 unspecified atom stereocenters. The zero-order chi connectivity index (χ0) is 19.2. The lowest BCUT2D eigenvalue weighted by Crippen LogP contribution is -2.54. The van der Waals surface area contributed by atoms with E-state index in [1.54, 1.807) is 0 Å². The average molecular weight is 375 g/mol. The minimum absolute atomic E-state index is 0.0698. The summed E-state index contributed by atoms with van der Waals surface area (Å²) in [7, 11) is 0. The van der Waals surface area contributed by atoms with E-state index in [9.17, 15) is 19.8 Å². The molecule has 150 valence electrons. The van der Waals surface area contributed by atoms with Crippen molar-refractivity contribution in [1.82, 2.24) is 0 Å². The molecule has 0 heterocycles. The first-order valence-electron chi connectivity index (χ1n) is 11.1. The fourth-order valence-corrected chi connectivity index (χ4v) is 7.78. The largest absolute Gasteiger partial charge is 0.481 e. The Labute approximate surface area is 162 Å². The van der Waals surface area contributed by atoms with E-state index < -0.39 is 11.6 Å². The summed E-state index contributed by atoms with van der Waals surface area (Å²) in [5.74, 6) is 1.91. The van der Waals surface area contributed by atoms with Gasteiger partial charge in [-0.1, -0.05) is 18.9 Å². The highest BCUT2D eigenvalue weighted by Gasteiger charge is 2.63. The minimum atomic E-state index is -0.810. The number of aliphatic hydroxyl groups is 1. The molecule has 3 saturated carbocycles. The summed E-state index contributed by atoms with van der Waals surface area (Å²) < 4.78 is 0. The van der Waals surface area contributed by atoms with Crippen LogP contribution in [-0.2, 0) is 9.59 Å². The third-order valence-corrected chi connectivity index (χ3v) is 8.75. The van der Waals surface area contributed by atoms with Crippen molar-refractivity contribution in [3.63, 3.8) is 0 Å². The number of carbonyl (C=O) groups excluding carboxylic acids is 1. The Kier molecular flexibility index (Phi) is 4.99. The van der Waals surface area contributed by atoms with E-state index in [1.807, 2.05) is 6.08 Å². The number of carboxylic acids is 1. The first-order chi connectivity index (χ1) is 12.9. The van der Waals surface area contributed by atoms with Crippen molar-refractivity contribution in [3.8, 4) is 0 Å². The van der Waals surface area contributed by atoms with Crippen molar-refractivity contribution >= 4 is 11.8 Å². The van der Waals surface area contributed by atoms with Crippen molar-refractivity contribution in [1.29, 1.82) is 0 Å². The SMILES string of the molecule is CCC[C@]12CC[C@H]3[C@@H](CCC4=CC(=O)CC[C@@H]43)[C@@H]1CC[C@]2(O)CCC(=O)O. The third-order valence-electron chi connectivity index (χ3n) is 8.75. The lowest BCUT2D eigenvalue weighted by atomic mass is 9.49. The van der Waals surface area contributed by atoms with Gasteiger partial charge in [0.25, 0.3) is 0 Å². The quantitative estimate of drug-likeness (QED) is 0.743. The number of ketones is 1. The summed E-state index contributed by atoms with van der Waals surface area (Å²) in [5, 5.41) is 20.8. The smallest absolute Gasteiger partial charge is 0.303 e. The van der Waals surface area contributed by atoms with Crippen LogP contribution < -0.4 is 0 Å². The van der Waals surface area contributed by atoms with Crippen LogP contribution in [0.1, 0.15) is 84.0 Å². The molecule has 6 atom stereocenters. The van der Waals surface area contributed by atoms with Crippen LogP contribution in [0.3, 0.4) is 0 Å². The minimum Gasteiger partial charge on any atom is -0.481 e. The molecule has 0 aromatic heterocycles. The summed E-state index contributed by atoms with van der Waals surface area (Å²) in [6, 6.07) is 0. The normalized spacial score (nSPS) is 43.5. The van der Waals surface area contributed by atoms with Gasteiger partial charge in [-0.2, -0.15) is 0 Å². The number of aliphatic carboxylic acids is 1. The molecular weight excluding hydrogens is 340 g/mol. The zero-order valence-corrected chi connectivity index (χ0v) is 16.6. The maximum absolute atomic E-state index is 11.9. The van der Waals surface area contributed by atoms with Gasteiger partial charge >= 0.3 is 5.97 Å². The third kappa shape index (κ3) is 2.99. The number of allylic oxidation sites excluding steroid dienone is 1. The van der Waals surface area contributed by atoms with Gasteiger partial charge in [0.2, 0.25) is 0 Å². The molecule has 3 fully saturated rings. The van der Waals surface area contributed by atoms with Crippen LogP contribution in [0.2, 0.25) is 0 Å². The summed E-state index contributed by atoms with van der Waals surface area (Å²) in [5.41, 5.74) is 0.495. The summed E-state index contributed by atoms with van der Waals surface area (Å²) in [6.07, 6.45) is 12.4. The topological polar surface area (TPSA) is 74.6 Å². The zero-order valence-electron chi connectivity index (χ0n) is 16.6. The highest BCUT2D eigenvalue weighted by Crippen LogP contribution is 2.67. The molecule has 0 aliphatic heterocycles. The maximum atomic E-state index is 11.9. The Morgan fingerprint density at radius 3 is 2.67 bits per heavy atom. The van der Waals surface area contributed by atoms with Gasteiger partial charge in [-0.25, -0.2) is 0 Å². The number of hydrogen-bond acceptors (Lipinski definition) is 3. The highest BCUT2D eigenvalue weighted by atomic mass is 16.4. The van der Waals surface area contributed by atoms with Gasteiger partial charge in [-0.15, -0.1) is 0 Å². The van der Waals surface area contributed by atoms with Crippen LogP contribution in [0.4, 0.5) is 0 Å². The van der Waals surface area contributed by atoms with Crippen LogP contribution >= 0.6 is 0 Å². The molecule has 0 radical (unpaired) electrons. The van der Waals surface area contributed by atoms with Gasteiger partial charge in [0.1, 0.15) is 0 Å². The lowest BCUT2D eigenvalue weighted by Gasteiger charge is -2.57. The van der Waals surface area contributed by atoms with Gasteiger partial charge in [0.15, 0.2) is 5.78 Å². The van der Waals surface area contributed by atoms with E-state index in [0.717, 1.165) is 57.8 Å². The molecule has 4 nitrogen and oxygen atoms in total. The number of carbonyl (C=O) groups is 2. The van der Waals surface area contributed by atoms with Crippen molar-refractivity contribution in [2.45, 2.75) is 89.6 Å².